The van der Waals surface area contributed by atoms with Gasteiger partial charge in [0, 0.05) is 21.8 Å². The molecule has 2 aliphatic rings. The van der Waals surface area contributed by atoms with E-state index >= 15 is 0 Å². The molecule has 0 fully saturated rings. The Labute approximate surface area is 313 Å². The Morgan fingerprint density at radius 1 is 0.537 bits per heavy atom. The van der Waals surface area contributed by atoms with Gasteiger partial charge in [0.1, 0.15) is 6.17 Å². The van der Waals surface area contributed by atoms with Gasteiger partial charge in [-0.05, 0) is 90.8 Å². The van der Waals surface area contributed by atoms with Gasteiger partial charge in [-0.2, -0.15) is 4.99 Å². The molecule has 0 radical (unpaired) electrons. The molecule has 256 valence electrons. The molecule has 1 unspecified atom stereocenters. The Morgan fingerprint density at radius 2 is 1.20 bits per heavy atom. The first-order valence-corrected chi connectivity index (χ1v) is 18.7. The van der Waals surface area contributed by atoms with Gasteiger partial charge in [0.25, 0.3) is 0 Å². The SMILES string of the molecule is CC1(C)c2ccccc2-c2ccc3c(c21)c1cc(-c2ccccc2)ccc1n3C1=NC(c2ccc3ccccc3c2)=NC(c2ccc3ccccc3c2)N1. The fourth-order valence-corrected chi connectivity index (χ4v) is 8.98. The topological polar surface area (TPSA) is 41.7 Å². The van der Waals surface area contributed by atoms with Gasteiger partial charge in [-0.25, -0.2) is 4.99 Å². The Morgan fingerprint density at radius 3 is 2.02 bits per heavy atom. The number of nitrogens with one attached hydrogen (secondary N) is 1. The minimum Gasteiger partial charge on any atom is -0.330 e. The monoisotopic (exact) mass is 692 g/mol. The molecular weight excluding hydrogens is 657 g/mol. The molecule has 0 saturated carbocycles. The van der Waals surface area contributed by atoms with Gasteiger partial charge in [0.15, 0.2) is 5.84 Å². The highest BCUT2D eigenvalue weighted by atomic mass is 15.3. The molecule has 1 aliphatic heterocycles. The predicted octanol–water partition coefficient (Wildman–Crippen LogP) is 12.0. The molecule has 9 aromatic rings. The third-order valence-corrected chi connectivity index (χ3v) is 11.6. The standard InChI is InChI=1S/C50H36N4/c1-50(2)42-19-11-10-18-39(42)40-25-27-44-45(46(40)50)41-30-36(31-12-4-3-5-13-31)24-26-43(41)54(44)49-52-47(37-22-20-32-14-6-8-16-34(32)28-37)51-48(53-49)38-23-21-33-15-7-9-17-35(33)29-38/h3-30,47H,1-2H3,(H,51,52,53). The van der Waals surface area contributed by atoms with Crippen molar-refractivity contribution in [3.05, 3.63) is 192 Å². The lowest BCUT2D eigenvalue weighted by atomic mass is 9.80. The van der Waals surface area contributed by atoms with E-state index in [0.717, 1.165) is 33.5 Å². The molecule has 0 amide bonds. The number of amidine groups is 1. The highest BCUT2D eigenvalue weighted by molar-refractivity contribution is 6.20. The Balaban J connectivity index is 1.18. The first kappa shape index (κ1) is 30.8. The molecule has 0 spiro atoms. The van der Waals surface area contributed by atoms with Crippen LogP contribution < -0.4 is 5.32 Å². The molecule has 54 heavy (non-hydrogen) atoms. The number of rotatable bonds is 3. The van der Waals surface area contributed by atoms with E-state index in [1.165, 1.54) is 60.3 Å². The molecule has 1 aromatic heterocycles. The van der Waals surface area contributed by atoms with E-state index in [0.29, 0.717) is 5.84 Å². The molecule has 8 aromatic carbocycles. The molecular formula is C50H36N4. The lowest BCUT2D eigenvalue weighted by molar-refractivity contribution is 0.661. The highest BCUT2D eigenvalue weighted by Gasteiger charge is 2.38. The second-order valence-electron chi connectivity index (χ2n) is 15.1. The molecule has 4 nitrogen and oxygen atoms in total. The third-order valence-electron chi connectivity index (χ3n) is 11.6. The van der Waals surface area contributed by atoms with Crippen LogP contribution in [0.2, 0.25) is 0 Å². The van der Waals surface area contributed by atoms with Crippen molar-refractivity contribution >= 4 is 55.1 Å². The lowest BCUT2D eigenvalue weighted by Gasteiger charge is -2.25. The van der Waals surface area contributed by atoms with E-state index in [4.69, 9.17) is 9.98 Å². The zero-order chi connectivity index (χ0) is 36.0. The fourth-order valence-electron chi connectivity index (χ4n) is 8.98. The van der Waals surface area contributed by atoms with Crippen LogP contribution in [0.4, 0.5) is 0 Å². The third kappa shape index (κ3) is 4.63. The Bertz CT molecular complexity index is 3050. The van der Waals surface area contributed by atoms with Crippen molar-refractivity contribution in [2.75, 3.05) is 0 Å². The summed E-state index contributed by atoms with van der Waals surface area (Å²) in [5.41, 5.74) is 11.8. The number of aliphatic imine (C=N–C) groups is 2. The largest absolute Gasteiger partial charge is 0.330 e. The minimum absolute atomic E-state index is 0.194. The van der Waals surface area contributed by atoms with E-state index in [1.807, 2.05) is 0 Å². The van der Waals surface area contributed by atoms with Crippen LogP contribution in [0.1, 0.15) is 42.3 Å². The van der Waals surface area contributed by atoms with Crippen molar-refractivity contribution in [3.63, 3.8) is 0 Å². The van der Waals surface area contributed by atoms with Crippen molar-refractivity contribution < 1.29 is 0 Å². The van der Waals surface area contributed by atoms with Crippen LogP contribution in [0, 0.1) is 0 Å². The molecule has 1 N–H and O–H groups in total. The van der Waals surface area contributed by atoms with Crippen molar-refractivity contribution in [2.45, 2.75) is 25.4 Å². The summed E-state index contributed by atoms with van der Waals surface area (Å²) in [5.74, 6) is 1.46. The first-order valence-electron chi connectivity index (χ1n) is 18.7. The Kier molecular flexibility index (Phi) is 6.62. The van der Waals surface area contributed by atoms with Gasteiger partial charge in [-0.1, -0.05) is 153 Å². The van der Waals surface area contributed by atoms with Crippen LogP contribution >= 0.6 is 0 Å². The normalized spacial score (nSPS) is 15.9. The molecule has 1 aliphatic carbocycles. The van der Waals surface area contributed by atoms with E-state index in [-0.39, 0.29) is 11.6 Å². The summed E-state index contributed by atoms with van der Waals surface area (Å²) >= 11 is 0. The average molecular weight is 693 g/mol. The lowest BCUT2D eigenvalue weighted by Crippen LogP contribution is -2.37. The van der Waals surface area contributed by atoms with Crippen LogP contribution in [0.25, 0.3) is 65.6 Å². The second kappa shape index (κ2) is 11.6. The summed E-state index contributed by atoms with van der Waals surface area (Å²) in [7, 11) is 0. The molecule has 11 rings (SSSR count). The van der Waals surface area contributed by atoms with E-state index in [1.54, 1.807) is 0 Å². The van der Waals surface area contributed by atoms with Crippen LogP contribution in [0.5, 0.6) is 0 Å². The zero-order valence-electron chi connectivity index (χ0n) is 30.1. The minimum atomic E-state index is -0.352. The fraction of sp³-hybridized carbons (Fsp3) is 0.0800. The van der Waals surface area contributed by atoms with Crippen LogP contribution in [-0.4, -0.2) is 16.4 Å². The van der Waals surface area contributed by atoms with Crippen molar-refractivity contribution in [3.8, 4) is 22.3 Å². The Hall–Kier alpha value is -6.78. The molecule has 0 bridgehead atoms. The maximum absolute atomic E-state index is 5.41. The van der Waals surface area contributed by atoms with Gasteiger partial charge < -0.3 is 5.32 Å². The molecule has 2 heterocycles. The number of benzene rings is 8. The maximum Gasteiger partial charge on any atom is 0.211 e. The predicted molar refractivity (Wildman–Crippen MR) is 226 cm³/mol. The van der Waals surface area contributed by atoms with E-state index < -0.39 is 0 Å². The number of aromatic nitrogens is 1. The van der Waals surface area contributed by atoms with Gasteiger partial charge in [-0.3, -0.25) is 4.57 Å². The van der Waals surface area contributed by atoms with Crippen molar-refractivity contribution in [1.82, 2.24) is 9.88 Å². The smallest absolute Gasteiger partial charge is 0.211 e. The van der Waals surface area contributed by atoms with Gasteiger partial charge in [0.2, 0.25) is 5.96 Å². The molecule has 4 heteroatoms. The average Bonchev–Trinajstić information content (AvgIpc) is 3.68. The number of nitrogens with zero attached hydrogens (tertiary/aromatic N) is 3. The van der Waals surface area contributed by atoms with Gasteiger partial charge in [0.05, 0.1) is 11.0 Å². The summed E-state index contributed by atoms with van der Waals surface area (Å²) in [6, 6.07) is 61.2. The van der Waals surface area contributed by atoms with Gasteiger partial charge >= 0.3 is 0 Å². The molecule has 1 atom stereocenters. The zero-order valence-corrected chi connectivity index (χ0v) is 30.1. The summed E-state index contributed by atoms with van der Waals surface area (Å²) in [6.45, 7) is 4.75. The van der Waals surface area contributed by atoms with Crippen LogP contribution in [0.15, 0.2) is 180 Å². The summed E-state index contributed by atoms with van der Waals surface area (Å²) in [5, 5.41) is 11.1. The summed E-state index contributed by atoms with van der Waals surface area (Å²) < 4.78 is 2.34. The number of fused-ring (bicyclic) bond motifs is 9. The van der Waals surface area contributed by atoms with Crippen molar-refractivity contribution in [1.29, 1.82) is 0 Å². The highest BCUT2D eigenvalue weighted by Crippen LogP contribution is 2.53. The quantitative estimate of drug-likeness (QED) is 0.197. The van der Waals surface area contributed by atoms with E-state index in [2.05, 4.69) is 194 Å². The summed E-state index contributed by atoms with van der Waals surface area (Å²) in [6.07, 6.45) is -0.352. The van der Waals surface area contributed by atoms with Crippen LogP contribution in [0.3, 0.4) is 0 Å². The first-order chi connectivity index (χ1) is 26.5. The maximum atomic E-state index is 5.41. The van der Waals surface area contributed by atoms with Crippen LogP contribution in [-0.2, 0) is 5.41 Å². The second-order valence-corrected chi connectivity index (χ2v) is 15.1. The van der Waals surface area contributed by atoms with Crippen molar-refractivity contribution in [2.24, 2.45) is 9.98 Å². The number of hydrogen-bond donors (Lipinski definition) is 1. The summed E-state index contributed by atoms with van der Waals surface area (Å²) in [4.78, 5) is 10.7. The van der Waals surface area contributed by atoms with Gasteiger partial charge in [-0.15, -0.1) is 0 Å². The van der Waals surface area contributed by atoms with E-state index in [9.17, 15) is 0 Å². The number of hydrogen-bond acceptors (Lipinski definition) is 3. The molecule has 0 saturated heterocycles.